The first kappa shape index (κ1) is 21.8. The highest BCUT2D eigenvalue weighted by Gasteiger charge is 2.30. The third-order valence-electron chi connectivity index (χ3n) is 4.88. The van der Waals surface area contributed by atoms with E-state index in [1.165, 1.54) is 5.56 Å². The zero-order chi connectivity index (χ0) is 20.6. The fourth-order valence-corrected chi connectivity index (χ4v) is 5.85. The van der Waals surface area contributed by atoms with E-state index in [0.29, 0.717) is 17.5 Å². The number of nitrogens with zero attached hydrogens (tertiary/aromatic N) is 3. The molecule has 0 radical (unpaired) electrons. The summed E-state index contributed by atoms with van der Waals surface area (Å²) >= 11 is 3.88. The first-order valence-corrected chi connectivity index (χ1v) is 12.4. The van der Waals surface area contributed by atoms with Crippen LogP contribution in [0.2, 0.25) is 0 Å². The molecule has 5 heteroatoms. The number of hydrogen-bond donors (Lipinski definition) is 0. The Kier molecular flexibility index (Phi) is 8.09. The van der Waals surface area contributed by atoms with Gasteiger partial charge in [0.25, 0.3) is 0 Å². The molecule has 1 heterocycles. The van der Waals surface area contributed by atoms with Crippen molar-refractivity contribution in [3.05, 3.63) is 65.2 Å². The highest BCUT2D eigenvalue weighted by Crippen LogP contribution is 2.32. The summed E-state index contributed by atoms with van der Waals surface area (Å²) in [5.41, 5.74) is 4.24. The van der Waals surface area contributed by atoms with Crippen LogP contribution in [0.1, 0.15) is 37.5 Å². The fraction of sp³-hybridized carbons (Fsp3) is 0.417. The van der Waals surface area contributed by atoms with Gasteiger partial charge in [-0.1, -0.05) is 62.9 Å². The molecular weight excluding hydrogens is 394 g/mol. The molecule has 2 aromatic carbocycles. The Morgan fingerprint density at radius 3 is 2.72 bits per heavy atom. The van der Waals surface area contributed by atoms with Crippen LogP contribution in [-0.2, 0) is 12.2 Å². The minimum Gasteiger partial charge on any atom is -0.346 e. The molecule has 3 rings (SSSR count). The van der Waals surface area contributed by atoms with E-state index in [4.69, 9.17) is 4.99 Å². The first-order chi connectivity index (χ1) is 14.1. The van der Waals surface area contributed by atoms with E-state index in [2.05, 4.69) is 62.1 Å². The number of amidine groups is 1. The van der Waals surface area contributed by atoms with Crippen molar-refractivity contribution < 1.29 is 0 Å². The molecule has 0 amide bonds. The van der Waals surface area contributed by atoms with Gasteiger partial charge in [0.05, 0.1) is 17.3 Å². The molecule has 2 aromatic rings. The molecule has 1 atom stereocenters. The maximum atomic E-state index is 9.17. The van der Waals surface area contributed by atoms with Gasteiger partial charge in [0.1, 0.15) is 0 Å². The van der Waals surface area contributed by atoms with Crippen molar-refractivity contribution in [3.8, 4) is 6.07 Å². The van der Waals surface area contributed by atoms with Crippen molar-refractivity contribution in [2.45, 2.75) is 39.0 Å². The van der Waals surface area contributed by atoms with Crippen molar-refractivity contribution >= 4 is 34.4 Å². The lowest BCUT2D eigenvalue weighted by molar-refractivity contribution is 0.332. The Hall–Kier alpha value is -1.90. The molecule has 0 N–H and O–H groups in total. The molecule has 0 spiro atoms. The molecule has 1 aliphatic heterocycles. The third kappa shape index (κ3) is 6.04. The van der Waals surface area contributed by atoms with Gasteiger partial charge in [0, 0.05) is 29.8 Å². The Labute approximate surface area is 183 Å². The van der Waals surface area contributed by atoms with E-state index < -0.39 is 0 Å². The molecule has 152 valence electrons. The zero-order valence-corrected chi connectivity index (χ0v) is 19.1. The molecule has 1 unspecified atom stereocenters. The van der Waals surface area contributed by atoms with Crippen molar-refractivity contribution in [3.63, 3.8) is 0 Å². The number of aryl methyl sites for hydroxylation is 1. The predicted molar refractivity (Wildman–Crippen MR) is 128 cm³/mol. The van der Waals surface area contributed by atoms with Gasteiger partial charge in [-0.25, -0.2) is 4.99 Å². The minimum absolute atomic E-state index is 0.512. The standard InChI is InChI=1S/C24H29N3S2/c1-4-21-12-20(13-25)10-11-23(21)26-24-27(14-18(2)3)22(17-29-24)16-28-15-19-8-6-5-7-9-19/h5-12,18,22H,4,14-17H2,1-3H3. The van der Waals surface area contributed by atoms with Crippen LogP contribution in [0.15, 0.2) is 53.5 Å². The molecule has 29 heavy (non-hydrogen) atoms. The van der Waals surface area contributed by atoms with Gasteiger partial charge >= 0.3 is 0 Å². The van der Waals surface area contributed by atoms with E-state index in [-0.39, 0.29) is 0 Å². The first-order valence-electron chi connectivity index (χ1n) is 10.2. The molecule has 0 saturated carbocycles. The maximum absolute atomic E-state index is 9.17. The van der Waals surface area contributed by atoms with E-state index >= 15 is 0 Å². The lowest BCUT2D eigenvalue weighted by Crippen LogP contribution is -2.38. The Bertz CT molecular complexity index is 871. The maximum Gasteiger partial charge on any atom is 0.164 e. The fourth-order valence-electron chi connectivity index (χ4n) is 3.39. The van der Waals surface area contributed by atoms with E-state index in [9.17, 15) is 5.26 Å². The van der Waals surface area contributed by atoms with E-state index in [0.717, 1.165) is 46.6 Å². The van der Waals surface area contributed by atoms with Crippen molar-refractivity contribution in [1.29, 1.82) is 5.26 Å². The van der Waals surface area contributed by atoms with Gasteiger partial charge in [-0.15, -0.1) is 0 Å². The molecular formula is C24H29N3S2. The molecule has 0 bridgehead atoms. The van der Waals surface area contributed by atoms with Crippen LogP contribution in [0.4, 0.5) is 5.69 Å². The third-order valence-corrected chi connectivity index (χ3v) is 7.17. The monoisotopic (exact) mass is 423 g/mol. The largest absolute Gasteiger partial charge is 0.346 e. The second kappa shape index (κ2) is 10.8. The lowest BCUT2D eigenvalue weighted by atomic mass is 10.1. The van der Waals surface area contributed by atoms with Gasteiger partial charge in [0.2, 0.25) is 0 Å². The highest BCUT2D eigenvalue weighted by atomic mass is 32.2. The average molecular weight is 424 g/mol. The second-order valence-electron chi connectivity index (χ2n) is 7.71. The molecule has 1 aliphatic rings. The minimum atomic E-state index is 0.512. The number of aliphatic imine (C=N–C) groups is 1. The number of thioether (sulfide) groups is 2. The number of benzene rings is 2. The summed E-state index contributed by atoms with van der Waals surface area (Å²) in [6.07, 6.45) is 0.882. The van der Waals surface area contributed by atoms with E-state index in [1.807, 2.05) is 41.7 Å². The van der Waals surface area contributed by atoms with Crippen LogP contribution < -0.4 is 0 Å². The van der Waals surface area contributed by atoms with Crippen LogP contribution >= 0.6 is 23.5 Å². The summed E-state index contributed by atoms with van der Waals surface area (Å²) in [6.45, 7) is 7.69. The highest BCUT2D eigenvalue weighted by molar-refractivity contribution is 8.14. The summed E-state index contributed by atoms with van der Waals surface area (Å²) in [6, 6.07) is 19.3. The SMILES string of the molecule is CCc1cc(C#N)ccc1N=C1SCC(CSCc2ccccc2)N1CC(C)C. The van der Waals surface area contributed by atoms with Crippen LogP contribution in [0, 0.1) is 17.2 Å². The van der Waals surface area contributed by atoms with Crippen molar-refractivity contribution in [1.82, 2.24) is 4.90 Å². The Balaban J connectivity index is 1.73. The van der Waals surface area contributed by atoms with Crippen LogP contribution in [-0.4, -0.2) is 34.2 Å². The van der Waals surface area contributed by atoms with Crippen LogP contribution in [0.25, 0.3) is 0 Å². The van der Waals surface area contributed by atoms with Gasteiger partial charge in [-0.05, 0) is 41.7 Å². The summed E-state index contributed by atoms with van der Waals surface area (Å²) < 4.78 is 0. The van der Waals surface area contributed by atoms with Crippen LogP contribution in [0.5, 0.6) is 0 Å². The Morgan fingerprint density at radius 1 is 1.24 bits per heavy atom. The average Bonchev–Trinajstić information content (AvgIpc) is 3.09. The predicted octanol–water partition coefficient (Wildman–Crippen LogP) is 6.11. The van der Waals surface area contributed by atoms with Gasteiger partial charge in [-0.2, -0.15) is 17.0 Å². The normalized spacial score (nSPS) is 17.8. The molecule has 3 nitrogen and oxygen atoms in total. The molecule has 0 aromatic heterocycles. The van der Waals surface area contributed by atoms with Crippen molar-refractivity contribution in [2.75, 3.05) is 18.1 Å². The lowest BCUT2D eigenvalue weighted by Gasteiger charge is -2.27. The summed E-state index contributed by atoms with van der Waals surface area (Å²) in [5, 5.41) is 10.3. The van der Waals surface area contributed by atoms with Crippen LogP contribution in [0.3, 0.4) is 0 Å². The number of rotatable bonds is 8. The van der Waals surface area contributed by atoms with Crippen molar-refractivity contribution in [2.24, 2.45) is 10.9 Å². The smallest absolute Gasteiger partial charge is 0.164 e. The molecule has 1 saturated heterocycles. The van der Waals surface area contributed by atoms with E-state index in [1.54, 1.807) is 0 Å². The Morgan fingerprint density at radius 2 is 2.03 bits per heavy atom. The van der Waals surface area contributed by atoms with Gasteiger partial charge < -0.3 is 4.90 Å². The summed E-state index contributed by atoms with van der Waals surface area (Å²) in [7, 11) is 0. The molecule has 1 fully saturated rings. The summed E-state index contributed by atoms with van der Waals surface area (Å²) in [4.78, 5) is 7.55. The number of nitriles is 1. The van der Waals surface area contributed by atoms with Gasteiger partial charge in [0.15, 0.2) is 5.17 Å². The summed E-state index contributed by atoms with van der Waals surface area (Å²) in [5.74, 6) is 3.85. The second-order valence-corrected chi connectivity index (χ2v) is 9.73. The zero-order valence-electron chi connectivity index (χ0n) is 17.5. The van der Waals surface area contributed by atoms with Gasteiger partial charge in [-0.3, -0.25) is 0 Å². The molecule has 0 aliphatic carbocycles. The topological polar surface area (TPSA) is 39.4 Å². The number of hydrogen-bond acceptors (Lipinski definition) is 4. The quantitative estimate of drug-likeness (QED) is 0.513.